The predicted octanol–water partition coefficient (Wildman–Crippen LogP) is 3.68. The van der Waals surface area contributed by atoms with E-state index in [1.165, 1.54) is 28.5 Å². The van der Waals surface area contributed by atoms with E-state index in [4.69, 9.17) is 0 Å². The van der Waals surface area contributed by atoms with Gasteiger partial charge in [0.05, 0.1) is 12.3 Å². The minimum Gasteiger partial charge on any atom is -0.351 e. The molecule has 8 heteroatoms. The van der Waals surface area contributed by atoms with Crippen LogP contribution in [0.25, 0.3) is 0 Å². The van der Waals surface area contributed by atoms with E-state index in [0.717, 1.165) is 36.8 Å². The summed E-state index contributed by atoms with van der Waals surface area (Å²) in [7, 11) is -3.63. The molecule has 1 saturated carbocycles. The predicted molar refractivity (Wildman–Crippen MR) is 132 cm³/mol. The Morgan fingerprint density at radius 2 is 1.64 bits per heavy atom. The maximum Gasteiger partial charge on any atom is 0.247 e. The van der Waals surface area contributed by atoms with Crippen LogP contribution in [0.5, 0.6) is 0 Å². The van der Waals surface area contributed by atoms with Crippen molar-refractivity contribution in [1.82, 2.24) is 9.62 Å². The molecule has 1 aliphatic heterocycles. The summed E-state index contributed by atoms with van der Waals surface area (Å²) in [5.41, 5.74) is 1.28. The lowest BCUT2D eigenvalue weighted by Gasteiger charge is -2.47. The second-order valence-electron chi connectivity index (χ2n) is 9.95. The zero-order valence-corrected chi connectivity index (χ0v) is 21.3. The SMILES string of the molecule is CCCS(=O)(=O)N1CC(=O)N(c2cc(C)cc(C)c2)[C@@](C)(C(=O)NC2CCCCCCC2)C1. The van der Waals surface area contributed by atoms with E-state index in [2.05, 4.69) is 5.32 Å². The number of hydrogen-bond donors (Lipinski definition) is 1. The van der Waals surface area contributed by atoms with Crippen molar-refractivity contribution in [2.45, 2.75) is 90.6 Å². The van der Waals surface area contributed by atoms with Gasteiger partial charge in [-0.1, -0.05) is 45.1 Å². The fraction of sp³-hybridized carbons (Fsp3) is 0.680. The fourth-order valence-corrected chi connectivity index (χ4v) is 6.70. The van der Waals surface area contributed by atoms with Crippen molar-refractivity contribution < 1.29 is 18.0 Å². The summed E-state index contributed by atoms with van der Waals surface area (Å²) in [6.07, 6.45) is 7.99. The molecule has 1 aromatic carbocycles. The van der Waals surface area contributed by atoms with Crippen molar-refractivity contribution in [1.29, 1.82) is 0 Å². The highest BCUT2D eigenvalue weighted by Crippen LogP contribution is 2.32. The van der Waals surface area contributed by atoms with Gasteiger partial charge in [0.2, 0.25) is 21.8 Å². The molecule has 0 spiro atoms. The van der Waals surface area contributed by atoms with Crippen molar-refractivity contribution in [2.75, 3.05) is 23.7 Å². The Bertz CT molecular complexity index is 950. The molecule has 1 atom stereocenters. The first-order valence-electron chi connectivity index (χ1n) is 12.3. The number of hydrogen-bond acceptors (Lipinski definition) is 4. The van der Waals surface area contributed by atoms with Crippen LogP contribution in [0.3, 0.4) is 0 Å². The van der Waals surface area contributed by atoms with Gasteiger partial charge in [-0.05, 0) is 63.3 Å². The highest BCUT2D eigenvalue weighted by atomic mass is 32.2. The molecule has 1 aliphatic carbocycles. The van der Waals surface area contributed by atoms with Crippen LogP contribution in [-0.4, -0.2) is 55.0 Å². The molecular formula is C25H39N3O4S. The number of carbonyl (C=O) groups is 2. The Morgan fingerprint density at radius 3 is 2.21 bits per heavy atom. The monoisotopic (exact) mass is 477 g/mol. The van der Waals surface area contributed by atoms with Gasteiger partial charge in [0, 0.05) is 18.3 Å². The maximum atomic E-state index is 13.8. The minimum atomic E-state index is -3.63. The number of rotatable bonds is 6. The van der Waals surface area contributed by atoms with Crippen LogP contribution >= 0.6 is 0 Å². The zero-order valence-electron chi connectivity index (χ0n) is 20.5. The number of aryl methyl sites for hydroxylation is 2. The van der Waals surface area contributed by atoms with Crippen LogP contribution in [0.4, 0.5) is 5.69 Å². The summed E-state index contributed by atoms with van der Waals surface area (Å²) < 4.78 is 27.0. The number of benzene rings is 1. The van der Waals surface area contributed by atoms with E-state index in [-0.39, 0.29) is 36.7 Å². The molecule has 1 heterocycles. The van der Waals surface area contributed by atoms with E-state index >= 15 is 0 Å². The summed E-state index contributed by atoms with van der Waals surface area (Å²) in [6.45, 7) is 7.11. The third-order valence-electron chi connectivity index (χ3n) is 6.79. The molecular weight excluding hydrogens is 438 g/mol. The summed E-state index contributed by atoms with van der Waals surface area (Å²) >= 11 is 0. The molecule has 33 heavy (non-hydrogen) atoms. The minimum absolute atomic E-state index is 0.0375. The van der Waals surface area contributed by atoms with Gasteiger partial charge in [0.15, 0.2) is 0 Å². The molecule has 0 aromatic heterocycles. The average Bonchev–Trinajstić information content (AvgIpc) is 2.68. The summed E-state index contributed by atoms with van der Waals surface area (Å²) in [6, 6.07) is 5.85. The number of piperazine rings is 1. The van der Waals surface area contributed by atoms with Gasteiger partial charge in [-0.2, -0.15) is 4.31 Å². The molecule has 1 N–H and O–H groups in total. The van der Waals surface area contributed by atoms with Crippen molar-refractivity contribution in [3.8, 4) is 0 Å². The Hall–Kier alpha value is -1.93. The van der Waals surface area contributed by atoms with E-state index in [0.29, 0.717) is 12.1 Å². The van der Waals surface area contributed by atoms with E-state index in [9.17, 15) is 18.0 Å². The van der Waals surface area contributed by atoms with E-state index < -0.39 is 15.6 Å². The zero-order chi connectivity index (χ0) is 24.2. The highest BCUT2D eigenvalue weighted by molar-refractivity contribution is 7.89. The molecule has 3 rings (SSSR count). The van der Waals surface area contributed by atoms with Crippen molar-refractivity contribution in [3.63, 3.8) is 0 Å². The first-order valence-corrected chi connectivity index (χ1v) is 13.9. The first kappa shape index (κ1) is 25.7. The van der Waals surface area contributed by atoms with Gasteiger partial charge < -0.3 is 5.32 Å². The van der Waals surface area contributed by atoms with Gasteiger partial charge in [0.1, 0.15) is 5.54 Å². The number of nitrogens with zero attached hydrogens (tertiary/aromatic N) is 2. The van der Waals surface area contributed by atoms with Crippen LogP contribution in [0.15, 0.2) is 18.2 Å². The number of amides is 2. The molecule has 2 fully saturated rings. The molecule has 0 unspecified atom stereocenters. The number of carbonyl (C=O) groups excluding carboxylic acids is 2. The Morgan fingerprint density at radius 1 is 1.06 bits per heavy atom. The molecule has 0 radical (unpaired) electrons. The third-order valence-corrected chi connectivity index (χ3v) is 8.76. The van der Waals surface area contributed by atoms with Crippen molar-refractivity contribution >= 4 is 27.5 Å². The quantitative estimate of drug-likeness (QED) is 0.677. The lowest BCUT2D eigenvalue weighted by Crippen LogP contribution is -2.71. The Balaban J connectivity index is 1.98. The highest BCUT2D eigenvalue weighted by Gasteiger charge is 2.51. The topological polar surface area (TPSA) is 86.8 Å². The first-order chi connectivity index (χ1) is 15.6. The van der Waals surface area contributed by atoms with Crippen LogP contribution in [0, 0.1) is 13.8 Å². The molecule has 0 bridgehead atoms. The second-order valence-corrected chi connectivity index (χ2v) is 12.0. The van der Waals surface area contributed by atoms with Gasteiger partial charge >= 0.3 is 0 Å². The van der Waals surface area contributed by atoms with E-state index in [1.807, 2.05) is 32.0 Å². The Labute approximate surface area is 199 Å². The van der Waals surface area contributed by atoms with Crippen molar-refractivity contribution in [3.05, 3.63) is 29.3 Å². The molecule has 184 valence electrons. The smallest absolute Gasteiger partial charge is 0.247 e. The Kier molecular flexibility index (Phi) is 8.22. The van der Waals surface area contributed by atoms with E-state index in [1.54, 1.807) is 13.8 Å². The molecule has 1 saturated heterocycles. The average molecular weight is 478 g/mol. The maximum absolute atomic E-state index is 13.8. The number of anilines is 1. The van der Waals surface area contributed by atoms with Crippen LogP contribution in [0.2, 0.25) is 0 Å². The number of sulfonamides is 1. The third kappa shape index (κ3) is 5.96. The van der Waals surface area contributed by atoms with Crippen LogP contribution in [-0.2, 0) is 19.6 Å². The lowest BCUT2D eigenvalue weighted by molar-refractivity contribution is -0.133. The van der Waals surface area contributed by atoms with Crippen LogP contribution in [0.1, 0.15) is 76.3 Å². The molecule has 7 nitrogen and oxygen atoms in total. The van der Waals surface area contributed by atoms with Gasteiger partial charge in [-0.25, -0.2) is 8.42 Å². The number of nitrogens with one attached hydrogen (secondary N) is 1. The normalized spacial score (nSPS) is 23.8. The van der Waals surface area contributed by atoms with Crippen molar-refractivity contribution in [2.24, 2.45) is 0 Å². The van der Waals surface area contributed by atoms with Gasteiger partial charge in [-0.3, -0.25) is 14.5 Å². The standard InChI is InChI=1S/C25H39N3O4S/c1-5-13-33(31,32)27-17-23(29)28(22-15-19(2)14-20(3)16-22)25(4,18-27)24(30)26-21-11-9-7-6-8-10-12-21/h14-16,21H,5-13,17-18H2,1-4H3,(H,26,30)/t25-/m1/s1. The second kappa shape index (κ2) is 10.6. The summed E-state index contributed by atoms with van der Waals surface area (Å²) in [5.74, 6) is -0.692. The van der Waals surface area contributed by atoms with Gasteiger partial charge in [-0.15, -0.1) is 0 Å². The molecule has 2 aliphatic rings. The fourth-order valence-electron chi connectivity index (χ4n) is 5.17. The largest absolute Gasteiger partial charge is 0.351 e. The lowest BCUT2D eigenvalue weighted by atomic mass is 9.91. The summed E-state index contributed by atoms with van der Waals surface area (Å²) in [5, 5.41) is 3.20. The molecule has 1 aromatic rings. The molecule has 2 amide bonds. The summed E-state index contributed by atoms with van der Waals surface area (Å²) in [4.78, 5) is 28.8. The van der Waals surface area contributed by atoms with Crippen LogP contribution < -0.4 is 10.2 Å². The van der Waals surface area contributed by atoms with Gasteiger partial charge in [0.25, 0.3) is 0 Å².